The average molecular weight is 340 g/mol. The zero-order valence-corrected chi connectivity index (χ0v) is 14.2. The van der Waals surface area contributed by atoms with Crippen molar-refractivity contribution < 1.29 is 9.53 Å². The van der Waals surface area contributed by atoms with Crippen LogP contribution >= 0.6 is 0 Å². The van der Waals surface area contributed by atoms with Crippen molar-refractivity contribution in [1.82, 2.24) is 19.4 Å². The predicted octanol–water partition coefficient (Wildman–Crippen LogP) is 1.09. The largest absolute Gasteiger partial charge is 0.380 e. The number of anilines is 1. The van der Waals surface area contributed by atoms with E-state index in [2.05, 4.69) is 21.4 Å². The van der Waals surface area contributed by atoms with E-state index in [9.17, 15) is 4.79 Å². The second kappa shape index (κ2) is 7.32. The number of aryl methyl sites for hydroxylation is 1. The maximum absolute atomic E-state index is 12.3. The van der Waals surface area contributed by atoms with Gasteiger partial charge in [0, 0.05) is 38.7 Å². The van der Waals surface area contributed by atoms with Gasteiger partial charge in [-0.3, -0.25) is 4.79 Å². The minimum absolute atomic E-state index is 0.0409. The fraction of sp³-hybridized carbons (Fsp3) is 0.412. The summed E-state index contributed by atoms with van der Waals surface area (Å²) in [6.07, 6.45) is 4.85. The van der Waals surface area contributed by atoms with E-state index < -0.39 is 0 Å². The van der Waals surface area contributed by atoms with Crippen molar-refractivity contribution in [1.29, 1.82) is 5.26 Å². The molecule has 0 bridgehead atoms. The second-order valence-electron chi connectivity index (χ2n) is 5.76. The minimum Gasteiger partial charge on any atom is -0.380 e. The summed E-state index contributed by atoms with van der Waals surface area (Å²) in [7, 11) is 1.90. The first-order chi connectivity index (χ1) is 12.2. The molecule has 1 saturated heterocycles. The molecule has 1 N–H and O–H groups in total. The highest BCUT2D eigenvalue weighted by Crippen LogP contribution is 2.29. The van der Waals surface area contributed by atoms with Crippen LogP contribution in [0.2, 0.25) is 0 Å². The number of rotatable bonds is 5. The number of nitriles is 1. The van der Waals surface area contributed by atoms with E-state index in [1.54, 1.807) is 29.4 Å². The lowest BCUT2D eigenvalue weighted by molar-refractivity contribution is -0.156. The van der Waals surface area contributed by atoms with Crippen molar-refractivity contribution in [2.75, 3.05) is 25.0 Å². The third kappa shape index (κ3) is 3.32. The van der Waals surface area contributed by atoms with E-state index in [-0.39, 0.29) is 24.7 Å². The number of hydrogen-bond donors (Lipinski definition) is 1. The van der Waals surface area contributed by atoms with Crippen LogP contribution in [-0.4, -0.2) is 51.1 Å². The summed E-state index contributed by atoms with van der Waals surface area (Å²) in [5, 5.41) is 12.4. The van der Waals surface area contributed by atoms with Crippen LogP contribution in [0, 0.1) is 11.3 Å². The number of nitrogens with zero attached hydrogens (tertiary/aromatic N) is 5. The van der Waals surface area contributed by atoms with Gasteiger partial charge in [-0.2, -0.15) is 5.26 Å². The van der Waals surface area contributed by atoms with E-state index >= 15 is 0 Å². The van der Waals surface area contributed by atoms with E-state index in [0.29, 0.717) is 24.5 Å². The maximum Gasteiger partial charge on any atom is 0.249 e. The smallest absolute Gasteiger partial charge is 0.249 e. The molecule has 3 rings (SSSR count). The van der Waals surface area contributed by atoms with Crippen molar-refractivity contribution in [2.45, 2.75) is 19.1 Å². The van der Waals surface area contributed by atoms with Crippen LogP contribution in [0.1, 0.15) is 24.5 Å². The predicted molar refractivity (Wildman–Crippen MR) is 90.5 cm³/mol. The van der Waals surface area contributed by atoms with Gasteiger partial charge < -0.3 is 19.5 Å². The summed E-state index contributed by atoms with van der Waals surface area (Å²) in [5.41, 5.74) is 0.974. The number of aromatic nitrogens is 3. The Morgan fingerprint density at radius 2 is 2.28 bits per heavy atom. The lowest BCUT2D eigenvalue weighted by atomic mass is 10.1. The molecule has 8 nitrogen and oxygen atoms in total. The van der Waals surface area contributed by atoms with Crippen molar-refractivity contribution in [2.24, 2.45) is 7.05 Å². The van der Waals surface area contributed by atoms with Gasteiger partial charge in [-0.1, -0.05) is 0 Å². The zero-order valence-electron chi connectivity index (χ0n) is 14.2. The topological polar surface area (TPSA) is 96.1 Å². The number of nitrogens with one attached hydrogen (secondary N) is 1. The van der Waals surface area contributed by atoms with Gasteiger partial charge in [-0.05, 0) is 19.1 Å². The Morgan fingerprint density at radius 3 is 2.96 bits per heavy atom. The van der Waals surface area contributed by atoms with Gasteiger partial charge in [-0.25, -0.2) is 9.97 Å². The maximum atomic E-state index is 12.3. The number of pyridine rings is 1. The van der Waals surface area contributed by atoms with Crippen molar-refractivity contribution in [3.05, 3.63) is 42.2 Å². The van der Waals surface area contributed by atoms with Crippen LogP contribution < -0.4 is 5.32 Å². The fourth-order valence-corrected chi connectivity index (χ4v) is 3.07. The number of hydrogen-bond acceptors (Lipinski definition) is 6. The van der Waals surface area contributed by atoms with Crippen molar-refractivity contribution in [3.63, 3.8) is 0 Å². The molecule has 1 aliphatic heterocycles. The van der Waals surface area contributed by atoms with E-state index in [4.69, 9.17) is 10.00 Å². The molecule has 130 valence electrons. The molecule has 0 aliphatic carbocycles. The number of morpholine rings is 1. The lowest BCUT2D eigenvalue weighted by Crippen LogP contribution is -2.51. The highest BCUT2D eigenvalue weighted by atomic mass is 16.5. The van der Waals surface area contributed by atoms with Crippen LogP contribution in [0.3, 0.4) is 0 Å². The second-order valence-corrected chi connectivity index (χ2v) is 5.76. The van der Waals surface area contributed by atoms with Crippen LogP contribution in [0.4, 0.5) is 5.69 Å². The molecule has 0 aromatic carbocycles. The molecule has 3 heterocycles. The monoisotopic (exact) mass is 340 g/mol. The van der Waals surface area contributed by atoms with Gasteiger partial charge in [0.25, 0.3) is 0 Å². The highest BCUT2D eigenvalue weighted by molar-refractivity contribution is 5.78. The summed E-state index contributed by atoms with van der Waals surface area (Å²) in [6, 6.07) is 5.34. The van der Waals surface area contributed by atoms with E-state index in [1.807, 2.05) is 24.7 Å². The molecular weight excluding hydrogens is 320 g/mol. The number of likely N-dealkylation sites (N-methyl/N-ethyl adjacent to an activating group) is 1. The molecule has 2 aromatic heterocycles. The van der Waals surface area contributed by atoms with E-state index in [1.165, 1.54) is 0 Å². The Balaban J connectivity index is 1.84. The molecule has 0 saturated carbocycles. The van der Waals surface area contributed by atoms with Crippen molar-refractivity contribution >= 4 is 11.6 Å². The molecule has 1 amide bonds. The Labute approximate surface area is 146 Å². The van der Waals surface area contributed by atoms with Gasteiger partial charge in [-0.15, -0.1) is 0 Å². The summed E-state index contributed by atoms with van der Waals surface area (Å²) < 4.78 is 7.69. The zero-order chi connectivity index (χ0) is 17.8. The third-order valence-corrected chi connectivity index (χ3v) is 4.30. The quantitative estimate of drug-likeness (QED) is 0.875. The Hall–Kier alpha value is -2.92. The summed E-state index contributed by atoms with van der Waals surface area (Å²) >= 11 is 0. The average Bonchev–Trinajstić information content (AvgIpc) is 3.06. The number of amides is 1. The first kappa shape index (κ1) is 16.9. The molecule has 2 aromatic rings. The number of carbonyl (C=O) groups is 1. The Kier molecular flexibility index (Phi) is 4.95. The molecule has 0 unspecified atom stereocenters. The first-order valence-corrected chi connectivity index (χ1v) is 8.13. The minimum atomic E-state index is -0.291. The summed E-state index contributed by atoms with van der Waals surface area (Å²) in [6.45, 7) is 2.99. The highest BCUT2D eigenvalue weighted by Gasteiger charge is 2.39. The Morgan fingerprint density at radius 1 is 1.44 bits per heavy atom. The van der Waals surface area contributed by atoms with Crippen molar-refractivity contribution in [3.8, 4) is 6.07 Å². The molecule has 2 atom stereocenters. The lowest BCUT2D eigenvalue weighted by Gasteiger charge is -2.40. The van der Waals surface area contributed by atoms with Gasteiger partial charge in [0.2, 0.25) is 5.91 Å². The standard InChI is InChI=1S/C17H20N6O2/c1-3-23-15(24)11-25-14(16(23)17-20-7-8-22(17)2)10-21-12-5-4-6-19-13(12)9-18/h4-8,14,16,21H,3,10-11H2,1-2H3/t14-,16+/m0/s1. The molecular formula is C17H20N6O2. The van der Waals surface area contributed by atoms with Crippen LogP contribution in [0.5, 0.6) is 0 Å². The molecule has 1 fully saturated rings. The van der Waals surface area contributed by atoms with Gasteiger partial charge in [0.1, 0.15) is 30.6 Å². The number of imidazole rings is 1. The van der Waals surface area contributed by atoms with Gasteiger partial charge in [0.05, 0.1) is 5.69 Å². The third-order valence-electron chi connectivity index (χ3n) is 4.30. The fourth-order valence-electron chi connectivity index (χ4n) is 3.07. The Bertz CT molecular complexity index is 796. The van der Waals surface area contributed by atoms with Crippen LogP contribution in [-0.2, 0) is 16.6 Å². The van der Waals surface area contributed by atoms with Crippen LogP contribution in [0.15, 0.2) is 30.7 Å². The molecule has 25 heavy (non-hydrogen) atoms. The molecule has 0 radical (unpaired) electrons. The first-order valence-electron chi connectivity index (χ1n) is 8.13. The number of ether oxygens (including phenoxy) is 1. The molecule has 1 aliphatic rings. The molecule has 0 spiro atoms. The molecule has 8 heteroatoms. The SMILES string of the molecule is CCN1C(=O)CO[C@@H](CNc2cccnc2C#N)[C@@H]1c1nccn1C. The normalized spacial score (nSPS) is 20.4. The van der Waals surface area contributed by atoms with E-state index in [0.717, 1.165) is 5.82 Å². The van der Waals surface area contributed by atoms with Gasteiger partial charge in [0.15, 0.2) is 5.69 Å². The summed E-state index contributed by atoms with van der Waals surface area (Å²) in [5.74, 6) is 0.722. The summed E-state index contributed by atoms with van der Waals surface area (Å²) in [4.78, 5) is 22.5. The number of carbonyl (C=O) groups excluding carboxylic acids is 1. The van der Waals surface area contributed by atoms with Crippen LogP contribution in [0.25, 0.3) is 0 Å². The van der Waals surface area contributed by atoms with Gasteiger partial charge >= 0.3 is 0 Å².